The molecule has 3 heteroatoms. The Morgan fingerprint density at radius 3 is 2.77 bits per heavy atom. The Bertz CT molecular complexity index is 306. The second kappa shape index (κ2) is 3.39. The molecule has 1 aliphatic rings. The van der Waals surface area contributed by atoms with Gasteiger partial charge >= 0.3 is 0 Å². The van der Waals surface area contributed by atoms with E-state index in [1.54, 1.807) is 6.07 Å². The molecule has 2 atom stereocenters. The highest BCUT2D eigenvalue weighted by Crippen LogP contribution is 2.47. The summed E-state index contributed by atoms with van der Waals surface area (Å²) in [6.45, 7) is 0.707. The Hall–Kier alpha value is -0.410. The Morgan fingerprint density at radius 1 is 1.46 bits per heavy atom. The quantitative estimate of drug-likeness (QED) is 0.850. The van der Waals surface area contributed by atoms with Crippen LogP contribution in [-0.2, 0) is 0 Å². The van der Waals surface area contributed by atoms with Crippen molar-refractivity contribution in [2.24, 2.45) is 11.7 Å². The largest absolute Gasteiger partial charge is 0.330 e. The van der Waals surface area contributed by atoms with Crippen molar-refractivity contribution in [2.45, 2.75) is 12.3 Å². The summed E-state index contributed by atoms with van der Waals surface area (Å²) in [7, 11) is 0. The molecule has 1 fully saturated rings. The third-order valence-electron chi connectivity index (χ3n) is 2.54. The molecule has 0 bridgehead atoms. The van der Waals surface area contributed by atoms with Gasteiger partial charge in [-0.3, -0.25) is 0 Å². The van der Waals surface area contributed by atoms with E-state index in [2.05, 4.69) is 15.9 Å². The third kappa shape index (κ3) is 1.92. The summed E-state index contributed by atoms with van der Waals surface area (Å²) in [5.41, 5.74) is 6.60. The van der Waals surface area contributed by atoms with Crippen LogP contribution in [0.15, 0.2) is 22.7 Å². The lowest BCUT2D eigenvalue weighted by molar-refractivity contribution is 0.623. The molecule has 2 rings (SSSR count). The molecule has 1 aromatic rings. The Kier molecular flexibility index (Phi) is 2.39. The average molecular weight is 244 g/mol. The van der Waals surface area contributed by atoms with Crippen LogP contribution >= 0.6 is 15.9 Å². The van der Waals surface area contributed by atoms with Gasteiger partial charge in [0.15, 0.2) is 0 Å². The molecule has 0 unspecified atom stereocenters. The van der Waals surface area contributed by atoms with Gasteiger partial charge in [-0.05, 0) is 48.6 Å². The topological polar surface area (TPSA) is 26.0 Å². The number of hydrogen-bond donors (Lipinski definition) is 1. The van der Waals surface area contributed by atoms with Crippen molar-refractivity contribution in [3.63, 3.8) is 0 Å². The molecule has 1 aromatic carbocycles. The zero-order valence-electron chi connectivity index (χ0n) is 7.13. The van der Waals surface area contributed by atoms with Gasteiger partial charge < -0.3 is 5.73 Å². The maximum Gasteiger partial charge on any atom is 0.124 e. The summed E-state index contributed by atoms with van der Waals surface area (Å²) in [4.78, 5) is 0. The summed E-state index contributed by atoms with van der Waals surface area (Å²) in [6.07, 6.45) is 1.10. The van der Waals surface area contributed by atoms with Crippen LogP contribution in [0.4, 0.5) is 4.39 Å². The van der Waals surface area contributed by atoms with E-state index in [-0.39, 0.29) is 5.82 Å². The number of halogens is 2. The SMILES string of the molecule is NC[C@@H]1C[C@H]1c1cc(F)cc(Br)c1. The van der Waals surface area contributed by atoms with Gasteiger partial charge in [0.1, 0.15) is 5.82 Å². The first-order chi connectivity index (χ1) is 6.20. The van der Waals surface area contributed by atoms with Crippen LogP contribution in [0, 0.1) is 11.7 Å². The normalized spacial score (nSPS) is 26.1. The van der Waals surface area contributed by atoms with Gasteiger partial charge in [-0.1, -0.05) is 15.9 Å². The first-order valence-corrected chi connectivity index (χ1v) is 5.16. The Labute approximate surface area is 85.3 Å². The maximum atomic E-state index is 13.0. The summed E-state index contributed by atoms with van der Waals surface area (Å²) in [6, 6.07) is 5.05. The number of nitrogens with two attached hydrogens (primary N) is 1. The van der Waals surface area contributed by atoms with Gasteiger partial charge in [0.25, 0.3) is 0 Å². The van der Waals surface area contributed by atoms with Crippen LogP contribution in [0.25, 0.3) is 0 Å². The van der Waals surface area contributed by atoms with E-state index in [4.69, 9.17) is 5.73 Å². The van der Waals surface area contributed by atoms with Gasteiger partial charge in [0, 0.05) is 4.47 Å². The van der Waals surface area contributed by atoms with Crippen LogP contribution in [-0.4, -0.2) is 6.54 Å². The molecule has 70 valence electrons. The zero-order chi connectivity index (χ0) is 9.42. The minimum atomic E-state index is -0.174. The van der Waals surface area contributed by atoms with E-state index in [0.717, 1.165) is 16.5 Å². The third-order valence-corrected chi connectivity index (χ3v) is 3.00. The fourth-order valence-corrected chi connectivity index (χ4v) is 2.19. The lowest BCUT2D eigenvalue weighted by Gasteiger charge is -2.00. The van der Waals surface area contributed by atoms with Crippen molar-refractivity contribution in [2.75, 3.05) is 6.54 Å². The van der Waals surface area contributed by atoms with Crippen molar-refractivity contribution < 1.29 is 4.39 Å². The molecular formula is C10H11BrFN. The van der Waals surface area contributed by atoms with E-state index < -0.39 is 0 Å². The highest BCUT2D eigenvalue weighted by Gasteiger charge is 2.37. The second-order valence-electron chi connectivity index (χ2n) is 3.54. The number of hydrogen-bond acceptors (Lipinski definition) is 1. The molecular weight excluding hydrogens is 233 g/mol. The van der Waals surface area contributed by atoms with Crippen molar-refractivity contribution in [3.05, 3.63) is 34.1 Å². The van der Waals surface area contributed by atoms with Crippen molar-refractivity contribution in [3.8, 4) is 0 Å². The van der Waals surface area contributed by atoms with Gasteiger partial charge in [0.2, 0.25) is 0 Å². The van der Waals surface area contributed by atoms with E-state index in [9.17, 15) is 4.39 Å². The Balaban J connectivity index is 2.22. The lowest BCUT2D eigenvalue weighted by atomic mass is 10.1. The molecule has 0 aromatic heterocycles. The highest BCUT2D eigenvalue weighted by molar-refractivity contribution is 9.10. The summed E-state index contributed by atoms with van der Waals surface area (Å²) in [5.74, 6) is 0.873. The molecule has 2 N–H and O–H groups in total. The van der Waals surface area contributed by atoms with Crippen LogP contribution in [0.5, 0.6) is 0 Å². The fraction of sp³-hybridized carbons (Fsp3) is 0.400. The molecule has 0 spiro atoms. The molecule has 0 radical (unpaired) electrons. The Morgan fingerprint density at radius 2 is 2.23 bits per heavy atom. The molecule has 0 saturated heterocycles. The zero-order valence-corrected chi connectivity index (χ0v) is 8.72. The van der Waals surface area contributed by atoms with Crippen molar-refractivity contribution in [1.29, 1.82) is 0 Å². The monoisotopic (exact) mass is 243 g/mol. The molecule has 0 aliphatic heterocycles. The van der Waals surface area contributed by atoms with Gasteiger partial charge in [0.05, 0.1) is 0 Å². The first-order valence-electron chi connectivity index (χ1n) is 4.37. The molecule has 1 nitrogen and oxygen atoms in total. The van der Waals surface area contributed by atoms with Crippen LogP contribution < -0.4 is 5.73 Å². The first kappa shape index (κ1) is 9.16. The van der Waals surface area contributed by atoms with Crippen molar-refractivity contribution in [1.82, 2.24) is 0 Å². The van der Waals surface area contributed by atoms with Crippen LogP contribution in [0.2, 0.25) is 0 Å². The minimum absolute atomic E-state index is 0.174. The fourth-order valence-electron chi connectivity index (χ4n) is 1.71. The van der Waals surface area contributed by atoms with Gasteiger partial charge in [-0.25, -0.2) is 4.39 Å². The minimum Gasteiger partial charge on any atom is -0.330 e. The number of benzene rings is 1. The highest BCUT2D eigenvalue weighted by atomic mass is 79.9. The molecule has 1 saturated carbocycles. The van der Waals surface area contributed by atoms with Crippen molar-refractivity contribution >= 4 is 15.9 Å². The van der Waals surface area contributed by atoms with Gasteiger partial charge in [-0.15, -0.1) is 0 Å². The predicted molar refractivity (Wildman–Crippen MR) is 54.0 cm³/mol. The number of rotatable bonds is 2. The standard InChI is InChI=1S/C10H11BrFN/c11-8-1-6(2-9(12)4-8)10-3-7(10)5-13/h1-2,4,7,10H,3,5,13H2/t7-,10-/m0/s1. The maximum absolute atomic E-state index is 13.0. The molecule has 0 amide bonds. The summed E-state index contributed by atoms with van der Waals surface area (Å²) < 4.78 is 13.8. The lowest BCUT2D eigenvalue weighted by Crippen LogP contribution is -2.02. The molecule has 13 heavy (non-hydrogen) atoms. The molecule has 0 heterocycles. The second-order valence-corrected chi connectivity index (χ2v) is 4.46. The van der Waals surface area contributed by atoms with E-state index in [1.807, 2.05) is 6.07 Å². The summed E-state index contributed by atoms with van der Waals surface area (Å²) in [5, 5.41) is 0. The predicted octanol–water partition coefficient (Wildman–Crippen LogP) is 2.65. The average Bonchev–Trinajstić information content (AvgIpc) is 2.80. The van der Waals surface area contributed by atoms with E-state index in [0.29, 0.717) is 18.4 Å². The van der Waals surface area contributed by atoms with E-state index in [1.165, 1.54) is 6.07 Å². The van der Waals surface area contributed by atoms with Crippen LogP contribution in [0.1, 0.15) is 17.9 Å². The summed E-state index contributed by atoms with van der Waals surface area (Å²) >= 11 is 3.28. The van der Waals surface area contributed by atoms with Gasteiger partial charge in [-0.2, -0.15) is 0 Å². The smallest absolute Gasteiger partial charge is 0.124 e. The molecule has 1 aliphatic carbocycles. The van der Waals surface area contributed by atoms with Crippen LogP contribution in [0.3, 0.4) is 0 Å². The van der Waals surface area contributed by atoms with E-state index >= 15 is 0 Å².